The molecule has 17 heavy (non-hydrogen) atoms. The van der Waals surface area contributed by atoms with Crippen LogP contribution in [0.5, 0.6) is 0 Å². The van der Waals surface area contributed by atoms with Gasteiger partial charge in [-0.2, -0.15) is 0 Å². The van der Waals surface area contributed by atoms with Crippen LogP contribution >= 0.6 is 0 Å². The molecule has 1 aromatic rings. The summed E-state index contributed by atoms with van der Waals surface area (Å²) in [5.41, 5.74) is 3.58. The van der Waals surface area contributed by atoms with Gasteiger partial charge < -0.3 is 10.2 Å². The highest BCUT2D eigenvalue weighted by Crippen LogP contribution is 2.26. The molecule has 0 aliphatic carbocycles. The highest BCUT2D eigenvalue weighted by atomic mass is 16.1. The first kappa shape index (κ1) is 10.8. The minimum atomic E-state index is 0.133. The molecule has 0 radical (unpaired) electrons. The number of nitrogens with one attached hydrogen (secondary N) is 1. The lowest BCUT2D eigenvalue weighted by Gasteiger charge is -2.15. The Bertz CT molecular complexity index is 436. The van der Waals surface area contributed by atoms with Gasteiger partial charge in [-0.1, -0.05) is 12.1 Å². The van der Waals surface area contributed by atoms with E-state index in [1.54, 1.807) is 0 Å². The van der Waals surface area contributed by atoms with Crippen molar-refractivity contribution < 1.29 is 4.79 Å². The quantitative estimate of drug-likeness (QED) is 0.859. The molecule has 3 nitrogen and oxygen atoms in total. The second kappa shape index (κ2) is 4.49. The summed E-state index contributed by atoms with van der Waals surface area (Å²) in [5, 5.41) is 2.91. The SMILES string of the molecule is O=C1Cc2c(CCN3CCCC3)cccc2N1. The average molecular weight is 230 g/mol. The predicted molar refractivity (Wildman–Crippen MR) is 68.2 cm³/mol. The molecule has 0 aromatic heterocycles. The molecule has 0 spiro atoms. The molecular weight excluding hydrogens is 212 g/mol. The maximum atomic E-state index is 11.4. The minimum Gasteiger partial charge on any atom is -0.326 e. The Labute approximate surface area is 102 Å². The van der Waals surface area contributed by atoms with Crippen molar-refractivity contribution in [3.05, 3.63) is 29.3 Å². The number of hydrogen-bond donors (Lipinski definition) is 1. The van der Waals surface area contributed by atoms with E-state index in [0.29, 0.717) is 6.42 Å². The highest BCUT2D eigenvalue weighted by molar-refractivity contribution is 5.99. The van der Waals surface area contributed by atoms with E-state index in [2.05, 4.69) is 16.3 Å². The van der Waals surface area contributed by atoms with Crippen LogP contribution in [0.3, 0.4) is 0 Å². The van der Waals surface area contributed by atoms with Gasteiger partial charge in [-0.3, -0.25) is 4.79 Å². The molecule has 0 saturated carbocycles. The number of benzene rings is 1. The first-order chi connectivity index (χ1) is 8.33. The standard InChI is InChI=1S/C14H18N2O/c17-14-10-12-11(4-3-5-13(12)15-14)6-9-16-7-1-2-8-16/h3-5H,1-2,6-10H2,(H,15,17). The van der Waals surface area contributed by atoms with E-state index in [0.717, 1.165) is 18.7 Å². The highest BCUT2D eigenvalue weighted by Gasteiger charge is 2.20. The van der Waals surface area contributed by atoms with Gasteiger partial charge in [0.2, 0.25) is 5.91 Å². The number of carbonyl (C=O) groups is 1. The predicted octanol–water partition coefficient (Wildman–Crippen LogP) is 1.82. The molecule has 0 bridgehead atoms. The number of hydrogen-bond acceptors (Lipinski definition) is 2. The molecule has 0 unspecified atom stereocenters. The van der Waals surface area contributed by atoms with Crippen LogP contribution in [-0.2, 0) is 17.6 Å². The van der Waals surface area contributed by atoms with Crippen molar-refractivity contribution in [1.29, 1.82) is 0 Å². The van der Waals surface area contributed by atoms with Crippen molar-refractivity contribution in [2.45, 2.75) is 25.7 Å². The van der Waals surface area contributed by atoms with E-state index in [1.165, 1.54) is 37.1 Å². The van der Waals surface area contributed by atoms with Crippen molar-refractivity contribution in [2.75, 3.05) is 25.0 Å². The third kappa shape index (κ3) is 2.20. The minimum absolute atomic E-state index is 0.133. The molecule has 3 rings (SSSR count). The Morgan fingerprint density at radius 1 is 1.24 bits per heavy atom. The van der Waals surface area contributed by atoms with E-state index >= 15 is 0 Å². The lowest BCUT2D eigenvalue weighted by molar-refractivity contribution is -0.115. The zero-order valence-electron chi connectivity index (χ0n) is 10.0. The van der Waals surface area contributed by atoms with Gasteiger partial charge >= 0.3 is 0 Å². The lowest BCUT2D eigenvalue weighted by Crippen LogP contribution is -2.22. The van der Waals surface area contributed by atoms with Crippen LogP contribution in [0, 0.1) is 0 Å². The summed E-state index contributed by atoms with van der Waals surface area (Å²) in [6.45, 7) is 3.61. The zero-order chi connectivity index (χ0) is 11.7. The van der Waals surface area contributed by atoms with Gasteiger partial charge in [-0.25, -0.2) is 0 Å². The van der Waals surface area contributed by atoms with Crippen molar-refractivity contribution in [3.63, 3.8) is 0 Å². The Hall–Kier alpha value is -1.35. The number of amides is 1. The lowest BCUT2D eigenvalue weighted by atomic mass is 10.0. The monoisotopic (exact) mass is 230 g/mol. The molecule has 1 N–H and O–H groups in total. The molecule has 2 aliphatic rings. The van der Waals surface area contributed by atoms with Crippen molar-refractivity contribution >= 4 is 11.6 Å². The average Bonchev–Trinajstić information content (AvgIpc) is 2.93. The van der Waals surface area contributed by atoms with Crippen molar-refractivity contribution in [2.24, 2.45) is 0 Å². The molecule has 0 atom stereocenters. The molecule has 1 aromatic carbocycles. The number of fused-ring (bicyclic) bond motifs is 1. The fourth-order valence-electron chi connectivity index (χ4n) is 2.83. The normalized spacial score (nSPS) is 19.4. The molecule has 2 aliphatic heterocycles. The summed E-state index contributed by atoms with van der Waals surface area (Å²) < 4.78 is 0. The summed E-state index contributed by atoms with van der Waals surface area (Å²) in [5.74, 6) is 0.133. The number of nitrogens with zero attached hydrogens (tertiary/aromatic N) is 1. The number of carbonyl (C=O) groups excluding carboxylic acids is 1. The van der Waals surface area contributed by atoms with E-state index in [4.69, 9.17) is 0 Å². The second-order valence-corrected chi connectivity index (χ2v) is 4.97. The zero-order valence-corrected chi connectivity index (χ0v) is 10.0. The smallest absolute Gasteiger partial charge is 0.228 e. The maximum absolute atomic E-state index is 11.4. The topological polar surface area (TPSA) is 32.3 Å². The molecule has 2 heterocycles. The van der Waals surface area contributed by atoms with Gasteiger partial charge in [-0.15, -0.1) is 0 Å². The fraction of sp³-hybridized carbons (Fsp3) is 0.500. The van der Waals surface area contributed by atoms with Crippen LogP contribution < -0.4 is 5.32 Å². The van der Waals surface area contributed by atoms with Crippen LogP contribution in [0.2, 0.25) is 0 Å². The molecule has 3 heteroatoms. The van der Waals surface area contributed by atoms with Crippen molar-refractivity contribution in [3.8, 4) is 0 Å². The van der Waals surface area contributed by atoms with E-state index in [9.17, 15) is 4.79 Å². The molecule has 90 valence electrons. The Morgan fingerprint density at radius 3 is 2.88 bits per heavy atom. The Kier molecular flexibility index (Phi) is 2.85. The first-order valence-electron chi connectivity index (χ1n) is 6.46. The van der Waals surface area contributed by atoms with Gasteiger partial charge in [0.25, 0.3) is 0 Å². The molecular formula is C14H18N2O. The van der Waals surface area contributed by atoms with Crippen LogP contribution in [-0.4, -0.2) is 30.4 Å². The summed E-state index contributed by atoms with van der Waals surface area (Å²) >= 11 is 0. The van der Waals surface area contributed by atoms with Gasteiger partial charge in [0.1, 0.15) is 0 Å². The molecule has 1 saturated heterocycles. The third-order valence-corrected chi connectivity index (χ3v) is 3.78. The summed E-state index contributed by atoms with van der Waals surface area (Å²) in [7, 11) is 0. The van der Waals surface area contributed by atoms with Crippen LogP contribution in [0.25, 0.3) is 0 Å². The van der Waals surface area contributed by atoms with Gasteiger partial charge in [0, 0.05) is 12.2 Å². The van der Waals surface area contributed by atoms with Gasteiger partial charge in [0.05, 0.1) is 6.42 Å². The first-order valence-corrected chi connectivity index (χ1v) is 6.46. The van der Waals surface area contributed by atoms with E-state index in [-0.39, 0.29) is 5.91 Å². The molecule has 1 fully saturated rings. The summed E-state index contributed by atoms with van der Waals surface area (Å²) in [4.78, 5) is 13.9. The number of likely N-dealkylation sites (tertiary alicyclic amines) is 1. The maximum Gasteiger partial charge on any atom is 0.228 e. The van der Waals surface area contributed by atoms with E-state index in [1.807, 2.05) is 12.1 Å². The Morgan fingerprint density at radius 2 is 2.06 bits per heavy atom. The van der Waals surface area contributed by atoms with Crippen molar-refractivity contribution in [1.82, 2.24) is 4.90 Å². The Balaban J connectivity index is 1.71. The largest absolute Gasteiger partial charge is 0.326 e. The van der Waals surface area contributed by atoms with Crippen LogP contribution in [0.1, 0.15) is 24.0 Å². The van der Waals surface area contributed by atoms with Gasteiger partial charge in [0.15, 0.2) is 0 Å². The summed E-state index contributed by atoms with van der Waals surface area (Å²) in [6, 6.07) is 6.21. The second-order valence-electron chi connectivity index (χ2n) is 4.97. The third-order valence-electron chi connectivity index (χ3n) is 3.78. The van der Waals surface area contributed by atoms with Crippen LogP contribution in [0.15, 0.2) is 18.2 Å². The number of rotatable bonds is 3. The van der Waals surface area contributed by atoms with Crippen LogP contribution in [0.4, 0.5) is 5.69 Å². The fourth-order valence-corrected chi connectivity index (χ4v) is 2.83. The summed E-state index contributed by atoms with van der Waals surface area (Å²) in [6.07, 6.45) is 4.31. The van der Waals surface area contributed by atoms with E-state index < -0.39 is 0 Å². The molecule has 1 amide bonds. The van der Waals surface area contributed by atoms with Gasteiger partial charge in [-0.05, 0) is 49.5 Å². The number of anilines is 1.